The summed E-state index contributed by atoms with van der Waals surface area (Å²) in [6.45, 7) is 2.09. The van der Waals surface area contributed by atoms with Crippen molar-refractivity contribution in [2.75, 3.05) is 0 Å². The topological polar surface area (TPSA) is 9.23 Å². The molecule has 0 unspecified atom stereocenters. The van der Waals surface area contributed by atoms with Crippen LogP contribution in [0.25, 0.3) is 21.6 Å². The molecule has 4 aromatic rings. The molecular weight excluding hydrogens is 493 g/mol. The Morgan fingerprint density at radius 1 is 0.714 bits per heavy atom. The van der Waals surface area contributed by atoms with Crippen molar-refractivity contribution in [2.45, 2.75) is 25.9 Å². The first-order chi connectivity index (χ1) is 16.6. The number of thiophene rings is 1. The van der Waals surface area contributed by atoms with Gasteiger partial charge in [0.25, 0.3) is 0 Å². The lowest BCUT2D eigenvalue weighted by atomic mass is 10.0. The summed E-state index contributed by atoms with van der Waals surface area (Å²) < 4.78 is 102. The van der Waals surface area contributed by atoms with Gasteiger partial charge in [0.2, 0.25) is 0 Å². The molecule has 1 heterocycles. The molecule has 0 amide bonds. The molecule has 4 rings (SSSR count). The molecule has 0 saturated carbocycles. The lowest BCUT2D eigenvalue weighted by Gasteiger charge is -2.20. The summed E-state index contributed by atoms with van der Waals surface area (Å²) in [4.78, 5) is 2.26. The van der Waals surface area contributed by atoms with Crippen LogP contribution >= 0.6 is 11.3 Å². The van der Waals surface area contributed by atoms with Gasteiger partial charge in [0.15, 0.2) is 17.5 Å². The summed E-state index contributed by atoms with van der Waals surface area (Å²) in [6, 6.07) is 12.5. The first-order valence-electron chi connectivity index (χ1n) is 10.5. The van der Waals surface area contributed by atoms with Crippen molar-refractivity contribution in [1.29, 1.82) is 0 Å². The molecule has 9 heteroatoms. The normalized spacial score (nSPS) is 11.7. The first-order valence-corrected chi connectivity index (χ1v) is 11.3. The number of rotatable bonds is 7. The molecule has 0 N–H and O–H groups in total. The molecule has 35 heavy (non-hydrogen) atoms. The van der Waals surface area contributed by atoms with E-state index in [1.54, 1.807) is 35.6 Å². The molecule has 0 spiro atoms. The van der Waals surface area contributed by atoms with Crippen molar-refractivity contribution in [2.24, 2.45) is 0 Å². The smallest absolute Gasteiger partial charge is 0.429 e. The third-order valence-electron chi connectivity index (χ3n) is 5.20. The van der Waals surface area contributed by atoms with Gasteiger partial charge in [-0.15, -0.1) is 11.3 Å². The second-order valence-electron chi connectivity index (χ2n) is 7.73. The number of hydrogen-bond acceptors (Lipinski definition) is 2. The summed E-state index contributed by atoms with van der Waals surface area (Å²) in [6.07, 6.45) is -2.65. The van der Waals surface area contributed by atoms with Crippen LogP contribution < -0.4 is 4.74 Å². The molecule has 1 aromatic heterocycles. The Hall–Kier alpha value is -3.33. The third-order valence-corrected chi connectivity index (χ3v) is 6.39. The van der Waals surface area contributed by atoms with E-state index in [0.717, 1.165) is 23.3 Å². The zero-order valence-corrected chi connectivity index (χ0v) is 19.0. The number of halogens is 7. The summed E-state index contributed by atoms with van der Waals surface area (Å²) in [5.41, 5.74) is -0.458. The standard InChI is InChI=1S/C26H17F7OS/c1-2-3-18-8-9-23(35-18)15-6-4-14(5-7-15)16-10-19(27)24(20(28)11-16)26(32,33)34-17-12-21(29)25(31)22(30)13-17/h4-13H,2-3H2,1H3. The predicted octanol–water partition coefficient (Wildman–Crippen LogP) is 8.86. The van der Waals surface area contributed by atoms with E-state index in [1.807, 2.05) is 12.1 Å². The lowest BCUT2D eigenvalue weighted by Crippen LogP contribution is -2.25. The monoisotopic (exact) mass is 510 g/mol. The van der Waals surface area contributed by atoms with E-state index in [1.165, 1.54) is 4.88 Å². The SMILES string of the molecule is CCCc1ccc(-c2ccc(-c3cc(F)c(C(F)(F)Oc4cc(F)c(F)c(F)c4)c(F)c3)cc2)s1. The fourth-order valence-corrected chi connectivity index (χ4v) is 4.66. The van der Waals surface area contributed by atoms with E-state index in [-0.39, 0.29) is 17.7 Å². The highest BCUT2D eigenvalue weighted by Gasteiger charge is 2.41. The zero-order valence-electron chi connectivity index (χ0n) is 18.1. The highest BCUT2D eigenvalue weighted by Crippen LogP contribution is 2.38. The molecule has 0 atom stereocenters. The van der Waals surface area contributed by atoms with E-state index < -0.39 is 46.5 Å². The van der Waals surface area contributed by atoms with E-state index in [9.17, 15) is 30.7 Å². The second kappa shape index (κ2) is 9.73. The van der Waals surface area contributed by atoms with Crippen LogP contribution in [0.15, 0.2) is 60.7 Å². The Kier molecular flexibility index (Phi) is 6.89. The van der Waals surface area contributed by atoms with E-state index >= 15 is 0 Å². The largest absolute Gasteiger partial charge is 0.432 e. The Morgan fingerprint density at radius 2 is 1.29 bits per heavy atom. The van der Waals surface area contributed by atoms with E-state index in [4.69, 9.17) is 0 Å². The Labute approximate surface area is 200 Å². The molecule has 0 aliphatic carbocycles. The van der Waals surface area contributed by atoms with Crippen LogP contribution in [-0.2, 0) is 12.5 Å². The molecule has 182 valence electrons. The van der Waals surface area contributed by atoms with Gasteiger partial charge in [-0.25, -0.2) is 22.0 Å². The zero-order chi connectivity index (χ0) is 25.3. The van der Waals surface area contributed by atoms with Crippen LogP contribution in [0.1, 0.15) is 23.8 Å². The minimum absolute atomic E-state index is 0.00261. The number of alkyl halides is 2. The lowest BCUT2D eigenvalue weighted by molar-refractivity contribution is -0.189. The maximum atomic E-state index is 14.6. The number of benzene rings is 3. The number of ether oxygens (including phenoxy) is 1. The van der Waals surface area contributed by atoms with Crippen LogP contribution in [0.4, 0.5) is 30.7 Å². The van der Waals surface area contributed by atoms with Gasteiger partial charge < -0.3 is 4.74 Å². The van der Waals surface area contributed by atoms with Crippen LogP contribution in [-0.4, -0.2) is 0 Å². The fraction of sp³-hybridized carbons (Fsp3) is 0.154. The Morgan fingerprint density at radius 3 is 1.86 bits per heavy atom. The van der Waals surface area contributed by atoms with Gasteiger partial charge in [0.1, 0.15) is 22.9 Å². The van der Waals surface area contributed by atoms with Gasteiger partial charge in [-0.3, -0.25) is 0 Å². The summed E-state index contributed by atoms with van der Waals surface area (Å²) >= 11 is 1.64. The maximum Gasteiger partial charge on any atom is 0.432 e. The molecule has 0 fully saturated rings. The molecule has 3 aromatic carbocycles. The second-order valence-corrected chi connectivity index (χ2v) is 8.90. The summed E-state index contributed by atoms with van der Waals surface area (Å²) in [7, 11) is 0. The highest BCUT2D eigenvalue weighted by molar-refractivity contribution is 7.15. The molecule has 0 aliphatic rings. The fourth-order valence-electron chi connectivity index (χ4n) is 3.55. The number of hydrogen-bond donors (Lipinski definition) is 0. The third kappa shape index (κ3) is 5.19. The van der Waals surface area contributed by atoms with Crippen LogP contribution in [0.3, 0.4) is 0 Å². The van der Waals surface area contributed by atoms with Gasteiger partial charge in [0.05, 0.1) is 0 Å². The van der Waals surface area contributed by atoms with Crippen molar-refractivity contribution in [3.63, 3.8) is 0 Å². The van der Waals surface area contributed by atoms with Gasteiger partial charge >= 0.3 is 6.11 Å². The van der Waals surface area contributed by atoms with Gasteiger partial charge in [-0.2, -0.15) is 8.78 Å². The Balaban J connectivity index is 1.60. The predicted molar refractivity (Wildman–Crippen MR) is 120 cm³/mol. The average molecular weight is 510 g/mol. The van der Waals surface area contributed by atoms with Crippen molar-refractivity contribution >= 4 is 11.3 Å². The minimum atomic E-state index is -4.64. The van der Waals surface area contributed by atoms with Crippen molar-refractivity contribution in [1.82, 2.24) is 0 Å². The highest BCUT2D eigenvalue weighted by atomic mass is 32.1. The Bertz CT molecular complexity index is 1320. The summed E-state index contributed by atoms with van der Waals surface area (Å²) in [5.74, 6) is -9.87. The minimum Gasteiger partial charge on any atom is -0.429 e. The molecule has 1 nitrogen and oxygen atoms in total. The van der Waals surface area contributed by atoms with E-state index in [2.05, 4.69) is 11.7 Å². The van der Waals surface area contributed by atoms with Crippen molar-refractivity contribution in [3.8, 4) is 27.3 Å². The molecule has 0 bridgehead atoms. The first kappa shape index (κ1) is 24.8. The van der Waals surface area contributed by atoms with Gasteiger partial charge in [-0.05, 0) is 47.4 Å². The maximum absolute atomic E-state index is 14.6. The average Bonchev–Trinajstić information content (AvgIpc) is 3.25. The van der Waals surface area contributed by atoms with Crippen molar-refractivity contribution in [3.05, 3.63) is 100 Å². The van der Waals surface area contributed by atoms with Gasteiger partial charge in [-0.1, -0.05) is 37.6 Å². The molecule has 0 saturated heterocycles. The molecule has 0 aliphatic heterocycles. The van der Waals surface area contributed by atoms with Crippen molar-refractivity contribution < 1.29 is 35.5 Å². The van der Waals surface area contributed by atoms with Crippen LogP contribution in [0.2, 0.25) is 0 Å². The quantitative estimate of drug-likeness (QED) is 0.178. The molecule has 0 radical (unpaired) electrons. The van der Waals surface area contributed by atoms with Gasteiger partial charge in [0, 0.05) is 21.9 Å². The van der Waals surface area contributed by atoms with Crippen LogP contribution in [0.5, 0.6) is 5.75 Å². The van der Waals surface area contributed by atoms with E-state index in [0.29, 0.717) is 17.7 Å². The van der Waals surface area contributed by atoms with Crippen LogP contribution in [0, 0.1) is 29.1 Å². The summed E-state index contributed by atoms with van der Waals surface area (Å²) in [5, 5.41) is 0. The number of aryl methyl sites for hydroxylation is 1. The molecular formula is C26H17F7OS.